The second kappa shape index (κ2) is 5.43. The molecule has 1 aliphatic heterocycles. The Labute approximate surface area is 88.7 Å². The molecule has 1 fully saturated rings. The summed E-state index contributed by atoms with van der Waals surface area (Å²) in [6.45, 7) is 0.806. The topological polar surface area (TPSA) is 92.7 Å². The maximum Gasteiger partial charge on any atom is 0.320 e. The molecule has 1 atom stereocenters. The summed E-state index contributed by atoms with van der Waals surface area (Å²) >= 11 is 0. The van der Waals surface area contributed by atoms with Gasteiger partial charge in [0.25, 0.3) is 0 Å². The molecule has 7 heteroatoms. The fourth-order valence-corrected chi connectivity index (χ4v) is 2.27. The molecule has 0 spiro atoms. The maximum atomic E-state index is 11.1. The van der Waals surface area contributed by atoms with Gasteiger partial charge in [-0.3, -0.25) is 4.79 Å². The van der Waals surface area contributed by atoms with E-state index in [1.807, 2.05) is 0 Å². The molecule has 1 aliphatic rings. The van der Waals surface area contributed by atoms with Crippen LogP contribution < -0.4 is 4.72 Å². The molecule has 6 nitrogen and oxygen atoms in total. The van der Waals surface area contributed by atoms with Gasteiger partial charge in [-0.25, -0.2) is 13.1 Å². The van der Waals surface area contributed by atoms with Crippen LogP contribution in [0.5, 0.6) is 0 Å². The summed E-state index contributed by atoms with van der Waals surface area (Å²) in [6, 6.07) is 0. The minimum atomic E-state index is -3.71. The number of carbonyl (C=O) groups is 1. The number of carboxylic acids is 1. The second-order valence-corrected chi connectivity index (χ2v) is 5.30. The molecule has 0 bridgehead atoms. The first-order valence-electron chi connectivity index (χ1n) is 4.80. The van der Waals surface area contributed by atoms with E-state index in [4.69, 9.17) is 9.84 Å². The Hall–Kier alpha value is -0.660. The summed E-state index contributed by atoms with van der Waals surface area (Å²) in [5, 5.41) is 8.34. The van der Waals surface area contributed by atoms with Gasteiger partial charge in [0.1, 0.15) is 0 Å². The smallest absolute Gasteiger partial charge is 0.320 e. The van der Waals surface area contributed by atoms with Gasteiger partial charge in [0.05, 0.1) is 6.10 Å². The average molecular weight is 237 g/mol. The van der Waals surface area contributed by atoms with E-state index in [2.05, 4.69) is 4.72 Å². The van der Waals surface area contributed by atoms with Crippen LogP contribution in [0.4, 0.5) is 0 Å². The van der Waals surface area contributed by atoms with E-state index in [9.17, 15) is 13.2 Å². The lowest BCUT2D eigenvalue weighted by Crippen LogP contribution is -2.38. The summed E-state index contributed by atoms with van der Waals surface area (Å²) in [7, 11) is -3.71. The zero-order chi connectivity index (χ0) is 11.3. The highest BCUT2D eigenvalue weighted by molar-refractivity contribution is 7.90. The zero-order valence-electron chi connectivity index (χ0n) is 8.31. The van der Waals surface area contributed by atoms with Crippen molar-refractivity contribution < 1.29 is 23.1 Å². The quantitative estimate of drug-likeness (QED) is 0.676. The van der Waals surface area contributed by atoms with Crippen molar-refractivity contribution in [2.24, 2.45) is 0 Å². The number of sulfonamides is 1. The van der Waals surface area contributed by atoms with Crippen molar-refractivity contribution in [3.8, 4) is 0 Å². The van der Waals surface area contributed by atoms with E-state index >= 15 is 0 Å². The van der Waals surface area contributed by atoms with Gasteiger partial charge in [0.15, 0.2) is 5.75 Å². The van der Waals surface area contributed by atoms with Crippen LogP contribution in [0, 0.1) is 0 Å². The van der Waals surface area contributed by atoms with Crippen molar-refractivity contribution in [3.05, 3.63) is 0 Å². The Morgan fingerprint density at radius 1 is 1.47 bits per heavy atom. The van der Waals surface area contributed by atoms with E-state index in [0.717, 1.165) is 19.3 Å². The van der Waals surface area contributed by atoms with Crippen molar-refractivity contribution in [2.75, 3.05) is 18.9 Å². The molecule has 1 saturated heterocycles. The van der Waals surface area contributed by atoms with Crippen LogP contribution in [0.25, 0.3) is 0 Å². The van der Waals surface area contributed by atoms with Gasteiger partial charge in [0, 0.05) is 13.2 Å². The van der Waals surface area contributed by atoms with E-state index < -0.39 is 21.7 Å². The van der Waals surface area contributed by atoms with E-state index in [1.165, 1.54) is 0 Å². The standard InChI is InChI=1S/C8H15NO5S/c10-8(11)6-15(12,13)9-5-7-3-1-2-4-14-7/h7,9H,1-6H2,(H,10,11). The van der Waals surface area contributed by atoms with E-state index in [-0.39, 0.29) is 12.6 Å². The third kappa shape index (κ3) is 5.10. The molecule has 0 radical (unpaired) electrons. The Morgan fingerprint density at radius 3 is 2.73 bits per heavy atom. The van der Waals surface area contributed by atoms with Crippen LogP contribution in [0.1, 0.15) is 19.3 Å². The van der Waals surface area contributed by atoms with Crippen LogP contribution in [0.15, 0.2) is 0 Å². The van der Waals surface area contributed by atoms with Gasteiger partial charge >= 0.3 is 5.97 Å². The first-order chi connectivity index (χ1) is 6.99. The molecule has 15 heavy (non-hydrogen) atoms. The number of aliphatic carboxylic acids is 1. The molecule has 0 aromatic rings. The zero-order valence-corrected chi connectivity index (χ0v) is 9.12. The molecule has 0 saturated carbocycles. The van der Waals surface area contributed by atoms with E-state index in [1.54, 1.807) is 0 Å². The molecule has 0 aromatic carbocycles. The average Bonchev–Trinajstić information content (AvgIpc) is 2.15. The first kappa shape index (κ1) is 12.4. The number of ether oxygens (including phenoxy) is 1. The maximum absolute atomic E-state index is 11.1. The minimum Gasteiger partial charge on any atom is -0.480 e. The predicted octanol–water partition coefficient (Wildman–Crippen LogP) is -0.440. The number of nitrogens with one attached hydrogen (secondary N) is 1. The molecule has 2 N–H and O–H groups in total. The van der Waals surface area contributed by atoms with Gasteiger partial charge in [-0.15, -0.1) is 0 Å². The van der Waals surface area contributed by atoms with Crippen molar-refractivity contribution in [3.63, 3.8) is 0 Å². The fourth-order valence-electron chi connectivity index (χ4n) is 1.40. The molecule has 88 valence electrons. The minimum absolute atomic E-state index is 0.123. The van der Waals surface area contributed by atoms with Gasteiger partial charge in [-0.1, -0.05) is 0 Å². The molecule has 1 unspecified atom stereocenters. The van der Waals surface area contributed by atoms with Gasteiger partial charge in [-0.2, -0.15) is 0 Å². The predicted molar refractivity (Wildman–Crippen MR) is 53.0 cm³/mol. The highest BCUT2D eigenvalue weighted by atomic mass is 32.2. The first-order valence-corrected chi connectivity index (χ1v) is 6.45. The molecule has 1 heterocycles. The number of hydrogen-bond donors (Lipinski definition) is 2. The SMILES string of the molecule is O=C(O)CS(=O)(=O)NCC1CCCCO1. The van der Waals surface area contributed by atoms with Crippen LogP contribution in [-0.4, -0.2) is 44.5 Å². The van der Waals surface area contributed by atoms with Crippen molar-refractivity contribution in [2.45, 2.75) is 25.4 Å². The lowest BCUT2D eigenvalue weighted by atomic mass is 10.1. The molecular formula is C8H15NO5S. The third-order valence-corrected chi connectivity index (χ3v) is 3.35. The summed E-state index contributed by atoms with van der Waals surface area (Å²) in [5.74, 6) is -2.24. The van der Waals surface area contributed by atoms with Crippen LogP contribution in [0.3, 0.4) is 0 Å². The molecule has 0 aromatic heterocycles. The Balaban J connectivity index is 2.31. The number of carboxylic acid groups (broad SMARTS) is 1. The number of rotatable bonds is 5. The van der Waals surface area contributed by atoms with Gasteiger partial charge < -0.3 is 9.84 Å². The van der Waals surface area contributed by atoms with Crippen molar-refractivity contribution in [1.82, 2.24) is 4.72 Å². The monoisotopic (exact) mass is 237 g/mol. The number of hydrogen-bond acceptors (Lipinski definition) is 4. The molecule has 0 amide bonds. The Kier molecular flexibility index (Phi) is 4.49. The molecule has 0 aliphatic carbocycles. The van der Waals surface area contributed by atoms with E-state index in [0.29, 0.717) is 6.61 Å². The Morgan fingerprint density at radius 2 is 2.20 bits per heavy atom. The normalized spacial score (nSPS) is 22.5. The Bertz CT molecular complexity index is 307. The van der Waals surface area contributed by atoms with Gasteiger partial charge in [-0.05, 0) is 19.3 Å². The lowest BCUT2D eigenvalue weighted by Gasteiger charge is -2.22. The lowest BCUT2D eigenvalue weighted by molar-refractivity contribution is -0.134. The summed E-state index contributed by atoms with van der Waals surface area (Å²) in [4.78, 5) is 10.2. The van der Waals surface area contributed by atoms with Gasteiger partial charge in [0.2, 0.25) is 10.0 Å². The summed E-state index contributed by atoms with van der Waals surface area (Å²) in [6.07, 6.45) is 2.71. The van der Waals surface area contributed by atoms with Crippen LogP contribution >= 0.6 is 0 Å². The van der Waals surface area contributed by atoms with Crippen molar-refractivity contribution in [1.29, 1.82) is 0 Å². The third-order valence-electron chi connectivity index (χ3n) is 2.12. The summed E-state index contributed by atoms with van der Waals surface area (Å²) in [5.41, 5.74) is 0. The highest BCUT2D eigenvalue weighted by Gasteiger charge is 2.19. The second-order valence-electron chi connectivity index (χ2n) is 3.49. The van der Waals surface area contributed by atoms with Crippen molar-refractivity contribution >= 4 is 16.0 Å². The largest absolute Gasteiger partial charge is 0.480 e. The summed E-state index contributed by atoms with van der Waals surface area (Å²) < 4.78 is 29.8. The fraction of sp³-hybridized carbons (Fsp3) is 0.875. The molecular weight excluding hydrogens is 222 g/mol. The van der Waals surface area contributed by atoms with Crippen LogP contribution in [-0.2, 0) is 19.6 Å². The molecule has 1 rings (SSSR count). The highest BCUT2D eigenvalue weighted by Crippen LogP contribution is 2.11. The van der Waals surface area contributed by atoms with Crippen LogP contribution in [0.2, 0.25) is 0 Å².